The first-order valence-corrected chi connectivity index (χ1v) is 9.36. The molecule has 2 unspecified atom stereocenters. The van der Waals surface area contributed by atoms with Gasteiger partial charge in [0, 0.05) is 23.4 Å². The molecule has 0 bridgehead atoms. The number of halogens is 1. The molecular weight excluding hydrogens is 354 g/mol. The third kappa shape index (κ3) is 3.76. The van der Waals surface area contributed by atoms with Gasteiger partial charge in [-0.2, -0.15) is 0 Å². The predicted octanol–water partition coefficient (Wildman–Crippen LogP) is 4.11. The first kappa shape index (κ1) is 16.9. The summed E-state index contributed by atoms with van der Waals surface area (Å²) in [6.45, 7) is 1.48. The number of carbonyl (C=O) groups is 2. The quantitative estimate of drug-likeness (QED) is 0.747. The van der Waals surface area contributed by atoms with E-state index in [4.69, 9.17) is 16.3 Å². The highest BCUT2D eigenvalue weighted by atomic mass is 35.5. The van der Waals surface area contributed by atoms with Crippen LogP contribution in [0.15, 0.2) is 35.9 Å². The number of hydrogen-bond donors (Lipinski definition) is 0. The van der Waals surface area contributed by atoms with Gasteiger partial charge in [0.25, 0.3) is 0 Å². The molecule has 2 heterocycles. The summed E-state index contributed by atoms with van der Waals surface area (Å²) < 4.78 is 4.82. The van der Waals surface area contributed by atoms with E-state index < -0.39 is 0 Å². The lowest BCUT2D eigenvalue weighted by Gasteiger charge is -2.36. The maximum Gasteiger partial charge on any atom is 0.368 e. The van der Waals surface area contributed by atoms with E-state index in [1.807, 2.05) is 24.3 Å². The number of likely N-dealkylation sites (tertiary alicyclic amines) is 1. The standard InChI is InChI=1S/C16H16ClNO3S2/c1-21-16(20)23-15(11-4-2-3-5-12(11)17)18-7-6-13-10(9-18)8-14(19)22-13/h2-5,8,13,15H,6-7,9H2,1H3. The number of hydrogen-bond acceptors (Lipinski definition) is 6. The smallest absolute Gasteiger partial charge is 0.368 e. The highest BCUT2D eigenvalue weighted by Gasteiger charge is 2.35. The Labute approximate surface area is 148 Å². The molecule has 0 N–H and O–H groups in total. The van der Waals surface area contributed by atoms with Crippen LogP contribution in [0.3, 0.4) is 0 Å². The van der Waals surface area contributed by atoms with Gasteiger partial charge in [0.2, 0.25) is 5.12 Å². The van der Waals surface area contributed by atoms with Crippen molar-refractivity contribution in [1.82, 2.24) is 4.90 Å². The second-order valence-electron chi connectivity index (χ2n) is 5.35. The lowest BCUT2D eigenvalue weighted by molar-refractivity contribution is -0.106. The number of benzene rings is 1. The van der Waals surface area contributed by atoms with Crippen molar-refractivity contribution in [3.8, 4) is 0 Å². The van der Waals surface area contributed by atoms with E-state index in [0.29, 0.717) is 11.6 Å². The topological polar surface area (TPSA) is 46.6 Å². The number of methoxy groups -OCH3 is 1. The Balaban J connectivity index is 1.86. The van der Waals surface area contributed by atoms with Crippen LogP contribution in [0, 0.1) is 0 Å². The summed E-state index contributed by atoms with van der Waals surface area (Å²) in [5, 5.41) is 0.471. The Morgan fingerprint density at radius 2 is 2.26 bits per heavy atom. The van der Waals surface area contributed by atoms with E-state index in [-0.39, 0.29) is 21.0 Å². The molecule has 4 nitrogen and oxygen atoms in total. The number of nitrogens with zero attached hydrogens (tertiary/aromatic N) is 1. The highest BCUT2D eigenvalue weighted by molar-refractivity contribution is 8.15. The maximum absolute atomic E-state index is 11.8. The highest BCUT2D eigenvalue weighted by Crippen LogP contribution is 2.42. The molecule has 2 aliphatic rings. The third-order valence-electron chi connectivity index (χ3n) is 3.92. The molecule has 0 spiro atoms. The van der Waals surface area contributed by atoms with Gasteiger partial charge in [0.1, 0.15) is 0 Å². The molecule has 0 radical (unpaired) electrons. The van der Waals surface area contributed by atoms with Crippen LogP contribution in [0.1, 0.15) is 17.4 Å². The first-order valence-electron chi connectivity index (χ1n) is 7.22. The minimum absolute atomic E-state index is 0.127. The van der Waals surface area contributed by atoms with Gasteiger partial charge in [0.05, 0.1) is 12.5 Å². The van der Waals surface area contributed by atoms with Crippen LogP contribution in [0.2, 0.25) is 5.02 Å². The van der Waals surface area contributed by atoms with Crippen molar-refractivity contribution >= 4 is 45.5 Å². The molecule has 1 saturated heterocycles. The molecule has 1 aromatic carbocycles. The number of rotatable bonds is 3. The molecular formula is C16H16ClNO3S2. The SMILES string of the molecule is COC(=O)SC(c1ccccc1Cl)N1CCC2SC(=O)C=C2C1. The van der Waals surface area contributed by atoms with Gasteiger partial charge >= 0.3 is 5.30 Å². The molecule has 7 heteroatoms. The summed E-state index contributed by atoms with van der Waals surface area (Å²) in [7, 11) is 1.38. The summed E-state index contributed by atoms with van der Waals surface area (Å²) in [6, 6.07) is 7.53. The molecule has 1 aromatic rings. The fourth-order valence-electron chi connectivity index (χ4n) is 2.83. The number of fused-ring (bicyclic) bond motifs is 1. The van der Waals surface area contributed by atoms with Crippen LogP contribution >= 0.6 is 35.1 Å². The largest absolute Gasteiger partial charge is 0.461 e. The van der Waals surface area contributed by atoms with E-state index >= 15 is 0 Å². The average Bonchev–Trinajstić information content (AvgIpc) is 2.92. The number of carbonyl (C=O) groups excluding carboxylic acids is 2. The second kappa shape index (κ2) is 7.30. The molecule has 2 aliphatic heterocycles. The summed E-state index contributed by atoms with van der Waals surface area (Å²) >= 11 is 8.85. The van der Waals surface area contributed by atoms with Gasteiger partial charge in [-0.3, -0.25) is 9.69 Å². The molecule has 0 aliphatic carbocycles. The Morgan fingerprint density at radius 3 is 3.00 bits per heavy atom. The number of piperidine rings is 1. The molecule has 0 aromatic heterocycles. The van der Waals surface area contributed by atoms with Gasteiger partial charge in [0.15, 0.2) is 0 Å². The van der Waals surface area contributed by atoms with Crippen LogP contribution < -0.4 is 0 Å². The fourth-order valence-corrected chi connectivity index (χ4v) is 5.09. The van der Waals surface area contributed by atoms with Crippen molar-refractivity contribution < 1.29 is 14.3 Å². The van der Waals surface area contributed by atoms with E-state index in [2.05, 4.69) is 4.90 Å². The van der Waals surface area contributed by atoms with E-state index in [1.54, 1.807) is 6.08 Å². The van der Waals surface area contributed by atoms with Crippen LogP contribution in [-0.2, 0) is 9.53 Å². The van der Waals surface area contributed by atoms with Gasteiger partial charge < -0.3 is 4.74 Å². The zero-order valence-electron chi connectivity index (χ0n) is 12.5. The van der Waals surface area contributed by atoms with Crippen molar-refractivity contribution in [2.45, 2.75) is 17.0 Å². The molecule has 122 valence electrons. The average molecular weight is 370 g/mol. The van der Waals surface area contributed by atoms with Crippen molar-refractivity contribution in [3.63, 3.8) is 0 Å². The Morgan fingerprint density at radius 1 is 1.48 bits per heavy atom. The lowest BCUT2D eigenvalue weighted by atomic mass is 10.0. The summed E-state index contributed by atoms with van der Waals surface area (Å²) in [6.07, 6.45) is 2.62. The first-order chi connectivity index (χ1) is 11.1. The van der Waals surface area contributed by atoms with Crippen LogP contribution in [0.5, 0.6) is 0 Å². The van der Waals surface area contributed by atoms with Gasteiger partial charge in [-0.15, -0.1) is 0 Å². The Hall–Kier alpha value is -0.950. The molecule has 23 heavy (non-hydrogen) atoms. The third-order valence-corrected chi connectivity index (χ3v) is 6.57. The maximum atomic E-state index is 11.8. The van der Waals surface area contributed by atoms with Gasteiger partial charge in [-0.1, -0.05) is 41.6 Å². The zero-order chi connectivity index (χ0) is 16.4. The monoisotopic (exact) mass is 369 g/mol. The number of thioether (sulfide) groups is 2. The Kier molecular flexibility index (Phi) is 5.36. The van der Waals surface area contributed by atoms with Gasteiger partial charge in [-0.05, 0) is 41.5 Å². The van der Waals surface area contributed by atoms with E-state index in [1.165, 1.54) is 18.9 Å². The van der Waals surface area contributed by atoms with Crippen molar-refractivity contribution in [2.75, 3.05) is 20.2 Å². The van der Waals surface area contributed by atoms with Crippen LogP contribution in [-0.4, -0.2) is 40.8 Å². The van der Waals surface area contributed by atoms with E-state index in [9.17, 15) is 9.59 Å². The molecule has 3 rings (SSSR count). The van der Waals surface area contributed by atoms with Crippen molar-refractivity contribution in [2.24, 2.45) is 0 Å². The van der Waals surface area contributed by atoms with Crippen molar-refractivity contribution in [3.05, 3.63) is 46.5 Å². The zero-order valence-corrected chi connectivity index (χ0v) is 14.9. The second-order valence-corrected chi connectivity index (χ2v) is 7.98. The minimum atomic E-state index is -0.345. The minimum Gasteiger partial charge on any atom is -0.461 e. The van der Waals surface area contributed by atoms with Crippen LogP contribution in [0.25, 0.3) is 0 Å². The molecule has 2 atom stereocenters. The lowest BCUT2D eigenvalue weighted by Crippen LogP contribution is -2.38. The van der Waals surface area contributed by atoms with Crippen LogP contribution in [0.4, 0.5) is 4.79 Å². The molecule has 1 fully saturated rings. The fraction of sp³-hybridized carbons (Fsp3) is 0.375. The summed E-state index contributed by atoms with van der Waals surface area (Å²) in [5.74, 6) is 0. The molecule has 0 amide bonds. The van der Waals surface area contributed by atoms with Gasteiger partial charge in [-0.25, -0.2) is 4.79 Å². The van der Waals surface area contributed by atoms with Crippen molar-refractivity contribution in [1.29, 1.82) is 0 Å². The summed E-state index contributed by atoms with van der Waals surface area (Å²) in [5.41, 5.74) is 2.02. The molecule has 0 saturated carbocycles. The number of ether oxygens (including phenoxy) is 1. The normalized spacial score (nSPS) is 22.4. The van der Waals surface area contributed by atoms with E-state index in [0.717, 1.165) is 35.9 Å². The summed E-state index contributed by atoms with van der Waals surface area (Å²) in [4.78, 5) is 25.6. The Bertz CT molecular complexity index is 664. The predicted molar refractivity (Wildman–Crippen MR) is 94.8 cm³/mol.